The van der Waals surface area contributed by atoms with E-state index < -0.39 is 0 Å². The molecule has 0 saturated carbocycles. The van der Waals surface area contributed by atoms with Gasteiger partial charge >= 0.3 is 0 Å². The molecule has 0 aliphatic heterocycles. The molecule has 0 aliphatic rings. The van der Waals surface area contributed by atoms with Gasteiger partial charge in [0.15, 0.2) is 0 Å². The van der Waals surface area contributed by atoms with Crippen molar-refractivity contribution in [2.75, 3.05) is 0 Å². The Hall–Kier alpha value is -1.67. The minimum Gasteiger partial charge on any atom is -0.393 e. The molecular formula is C17H23NO. The number of aromatic nitrogens is 1. The fourth-order valence-corrected chi connectivity index (χ4v) is 1.59. The number of hydrogen-bond acceptors (Lipinski definition) is 2. The van der Waals surface area contributed by atoms with Crippen molar-refractivity contribution >= 4 is 0 Å². The third-order valence-corrected chi connectivity index (χ3v) is 2.65. The molecule has 102 valence electrons. The van der Waals surface area contributed by atoms with Crippen LogP contribution in [0.3, 0.4) is 0 Å². The molecule has 2 heteroatoms. The molecule has 0 spiro atoms. The van der Waals surface area contributed by atoms with E-state index in [0.717, 1.165) is 25.7 Å². The standard InChI is InChI=1S/C17H23NO/c1-16(19)11-8-6-4-2-3-5-7-9-12-17-13-10-14-18-15-17/h3-7,9-10,13-16,19H,2,8,11-12H2,1H3/b5-3+,6-4+,9-7+. The summed E-state index contributed by atoms with van der Waals surface area (Å²) in [6, 6.07) is 4.03. The average molecular weight is 257 g/mol. The highest BCUT2D eigenvalue weighted by Crippen LogP contribution is 1.99. The van der Waals surface area contributed by atoms with Gasteiger partial charge in [-0.1, -0.05) is 42.5 Å². The molecule has 0 fully saturated rings. The molecule has 19 heavy (non-hydrogen) atoms. The lowest BCUT2D eigenvalue weighted by atomic mass is 10.2. The van der Waals surface area contributed by atoms with E-state index in [2.05, 4.69) is 47.5 Å². The Labute approximate surface area is 116 Å². The van der Waals surface area contributed by atoms with Gasteiger partial charge in [-0.3, -0.25) is 4.98 Å². The molecule has 2 nitrogen and oxygen atoms in total. The highest BCUT2D eigenvalue weighted by atomic mass is 16.3. The summed E-state index contributed by atoms with van der Waals surface area (Å²) in [7, 11) is 0. The molecule has 1 unspecified atom stereocenters. The van der Waals surface area contributed by atoms with Crippen molar-refractivity contribution in [2.45, 2.75) is 38.7 Å². The summed E-state index contributed by atoms with van der Waals surface area (Å²) in [5.41, 5.74) is 1.23. The highest BCUT2D eigenvalue weighted by molar-refractivity contribution is 5.14. The summed E-state index contributed by atoms with van der Waals surface area (Å²) in [5, 5.41) is 9.08. The first-order valence-corrected chi connectivity index (χ1v) is 6.82. The molecule has 1 atom stereocenters. The highest BCUT2D eigenvalue weighted by Gasteiger charge is 1.90. The van der Waals surface area contributed by atoms with Crippen LogP contribution in [0.2, 0.25) is 0 Å². The van der Waals surface area contributed by atoms with Crippen LogP contribution in [0, 0.1) is 0 Å². The number of allylic oxidation sites excluding steroid dienone is 6. The van der Waals surface area contributed by atoms with Crippen LogP contribution in [0.1, 0.15) is 31.7 Å². The van der Waals surface area contributed by atoms with Gasteiger partial charge in [-0.2, -0.15) is 0 Å². The van der Waals surface area contributed by atoms with E-state index in [9.17, 15) is 0 Å². The van der Waals surface area contributed by atoms with E-state index in [-0.39, 0.29) is 6.10 Å². The normalized spacial score (nSPS) is 13.8. The lowest BCUT2D eigenvalue weighted by Gasteiger charge is -1.97. The summed E-state index contributed by atoms with van der Waals surface area (Å²) >= 11 is 0. The molecule has 0 aromatic carbocycles. The topological polar surface area (TPSA) is 33.1 Å². The molecule has 0 saturated heterocycles. The van der Waals surface area contributed by atoms with Crippen molar-refractivity contribution in [1.29, 1.82) is 0 Å². The van der Waals surface area contributed by atoms with E-state index in [1.165, 1.54) is 5.56 Å². The monoisotopic (exact) mass is 257 g/mol. The van der Waals surface area contributed by atoms with Crippen molar-refractivity contribution in [2.24, 2.45) is 0 Å². The Balaban J connectivity index is 2.10. The van der Waals surface area contributed by atoms with E-state index in [1.54, 1.807) is 6.20 Å². The summed E-state index contributed by atoms with van der Waals surface area (Å²) < 4.78 is 0. The number of nitrogens with zero attached hydrogens (tertiary/aromatic N) is 1. The second-order valence-corrected chi connectivity index (χ2v) is 4.56. The SMILES string of the molecule is CC(O)CC/C=C/C/C=C/C=C/Cc1cccnc1. The van der Waals surface area contributed by atoms with E-state index >= 15 is 0 Å². The van der Waals surface area contributed by atoms with Gasteiger partial charge in [0.2, 0.25) is 0 Å². The van der Waals surface area contributed by atoms with Crippen LogP contribution >= 0.6 is 0 Å². The Morgan fingerprint density at radius 3 is 2.79 bits per heavy atom. The Kier molecular flexibility index (Phi) is 8.32. The molecule has 1 heterocycles. The minimum absolute atomic E-state index is 0.199. The molecule has 0 radical (unpaired) electrons. The molecule has 1 N–H and O–H groups in total. The predicted molar refractivity (Wildman–Crippen MR) is 80.9 cm³/mol. The number of pyridine rings is 1. The van der Waals surface area contributed by atoms with Crippen molar-refractivity contribution in [3.63, 3.8) is 0 Å². The van der Waals surface area contributed by atoms with Crippen LogP contribution in [0.25, 0.3) is 0 Å². The van der Waals surface area contributed by atoms with Crippen LogP contribution in [0.5, 0.6) is 0 Å². The molecule has 1 aromatic rings. The second kappa shape index (κ2) is 10.3. The van der Waals surface area contributed by atoms with Gasteiger partial charge in [0, 0.05) is 12.4 Å². The van der Waals surface area contributed by atoms with Crippen molar-refractivity contribution < 1.29 is 5.11 Å². The molecule has 0 bridgehead atoms. The maximum absolute atomic E-state index is 9.08. The van der Waals surface area contributed by atoms with Crippen molar-refractivity contribution in [3.8, 4) is 0 Å². The lowest BCUT2D eigenvalue weighted by Crippen LogP contribution is -1.96. The minimum atomic E-state index is -0.199. The van der Waals surface area contributed by atoms with E-state index in [1.807, 2.05) is 19.2 Å². The molecule has 1 aromatic heterocycles. The number of aliphatic hydroxyl groups excluding tert-OH is 1. The zero-order chi connectivity index (χ0) is 13.8. The molecule has 0 aliphatic carbocycles. The summed E-state index contributed by atoms with van der Waals surface area (Å²) in [6.45, 7) is 1.82. The van der Waals surface area contributed by atoms with Gasteiger partial charge in [-0.05, 0) is 44.2 Å². The van der Waals surface area contributed by atoms with Crippen LogP contribution < -0.4 is 0 Å². The Morgan fingerprint density at radius 2 is 2.05 bits per heavy atom. The fourth-order valence-electron chi connectivity index (χ4n) is 1.59. The summed E-state index contributed by atoms with van der Waals surface area (Å²) in [4.78, 5) is 4.08. The van der Waals surface area contributed by atoms with E-state index in [0.29, 0.717) is 0 Å². The van der Waals surface area contributed by atoms with Gasteiger partial charge in [0.1, 0.15) is 0 Å². The Bertz CT molecular complexity index is 405. The smallest absolute Gasteiger partial charge is 0.0515 e. The quantitative estimate of drug-likeness (QED) is 0.567. The average Bonchev–Trinajstić information content (AvgIpc) is 2.42. The molecule has 0 amide bonds. The van der Waals surface area contributed by atoms with Crippen molar-refractivity contribution in [3.05, 3.63) is 66.5 Å². The van der Waals surface area contributed by atoms with Crippen molar-refractivity contribution in [1.82, 2.24) is 4.98 Å². The van der Waals surface area contributed by atoms with Gasteiger partial charge < -0.3 is 5.11 Å². The first-order valence-electron chi connectivity index (χ1n) is 6.82. The van der Waals surface area contributed by atoms with Gasteiger partial charge in [0.25, 0.3) is 0 Å². The fraction of sp³-hybridized carbons (Fsp3) is 0.353. The van der Waals surface area contributed by atoms with Gasteiger partial charge in [-0.15, -0.1) is 0 Å². The maximum atomic E-state index is 9.08. The largest absolute Gasteiger partial charge is 0.393 e. The second-order valence-electron chi connectivity index (χ2n) is 4.56. The third-order valence-electron chi connectivity index (χ3n) is 2.65. The maximum Gasteiger partial charge on any atom is 0.0515 e. The zero-order valence-corrected chi connectivity index (χ0v) is 11.6. The first-order chi connectivity index (χ1) is 9.29. The lowest BCUT2D eigenvalue weighted by molar-refractivity contribution is 0.186. The van der Waals surface area contributed by atoms with Crippen LogP contribution in [-0.4, -0.2) is 16.2 Å². The third kappa shape index (κ3) is 8.97. The number of hydrogen-bond donors (Lipinski definition) is 1. The predicted octanol–water partition coefficient (Wildman–Crippen LogP) is 3.84. The van der Waals surface area contributed by atoms with Gasteiger partial charge in [-0.25, -0.2) is 0 Å². The van der Waals surface area contributed by atoms with Gasteiger partial charge in [0.05, 0.1) is 6.10 Å². The summed E-state index contributed by atoms with van der Waals surface area (Å²) in [5.74, 6) is 0. The number of aliphatic hydroxyl groups is 1. The number of rotatable bonds is 8. The first kappa shape index (κ1) is 15.4. The molecule has 1 rings (SSSR count). The Morgan fingerprint density at radius 1 is 1.21 bits per heavy atom. The van der Waals surface area contributed by atoms with Crippen LogP contribution in [-0.2, 0) is 6.42 Å². The van der Waals surface area contributed by atoms with E-state index in [4.69, 9.17) is 5.11 Å². The molecular weight excluding hydrogens is 234 g/mol. The zero-order valence-electron chi connectivity index (χ0n) is 11.6. The van der Waals surface area contributed by atoms with Crippen LogP contribution in [0.15, 0.2) is 61.0 Å². The van der Waals surface area contributed by atoms with Crippen LogP contribution in [0.4, 0.5) is 0 Å². The summed E-state index contributed by atoms with van der Waals surface area (Å²) in [6.07, 6.45) is 19.8.